The number of alkyl halides is 2. The average Bonchev–Trinajstić information content (AvgIpc) is 3.38. The number of H-pyrrole nitrogens is 1. The predicted molar refractivity (Wildman–Crippen MR) is 133 cm³/mol. The van der Waals surface area contributed by atoms with Crippen LogP contribution < -0.4 is 14.8 Å². The number of fused-ring (bicyclic) bond motifs is 3. The van der Waals surface area contributed by atoms with Crippen LogP contribution in [0.1, 0.15) is 48.9 Å². The van der Waals surface area contributed by atoms with Crippen molar-refractivity contribution >= 4 is 10.9 Å². The van der Waals surface area contributed by atoms with E-state index in [0.29, 0.717) is 51.3 Å². The molecule has 5 rings (SSSR count). The van der Waals surface area contributed by atoms with Crippen LogP contribution in [0.2, 0.25) is 0 Å². The number of rotatable bonds is 11. The SMILES string of the molecule is COc1cc(OCCNCCCF)ccc1[C@@H]1c2ccc3[nH]ncc3c2C[C@@H](C)N1CC1(F)CC1. The Morgan fingerprint density at radius 3 is 2.80 bits per heavy atom. The van der Waals surface area contributed by atoms with Crippen LogP contribution >= 0.6 is 0 Å². The maximum atomic E-state index is 15.1. The summed E-state index contributed by atoms with van der Waals surface area (Å²) in [6.45, 7) is 4.03. The minimum atomic E-state index is -1.10. The van der Waals surface area contributed by atoms with Crippen molar-refractivity contribution in [2.45, 2.75) is 50.4 Å². The Labute approximate surface area is 205 Å². The third-order valence-corrected chi connectivity index (χ3v) is 7.26. The van der Waals surface area contributed by atoms with Gasteiger partial charge in [-0.15, -0.1) is 0 Å². The molecule has 3 aromatic rings. The van der Waals surface area contributed by atoms with Gasteiger partial charge in [-0.3, -0.25) is 14.4 Å². The van der Waals surface area contributed by atoms with Crippen molar-refractivity contribution in [1.82, 2.24) is 20.4 Å². The van der Waals surface area contributed by atoms with Crippen LogP contribution in [0.4, 0.5) is 8.78 Å². The smallest absolute Gasteiger partial charge is 0.127 e. The van der Waals surface area contributed by atoms with Crippen LogP contribution in [-0.4, -0.2) is 66.8 Å². The normalized spacial score (nSPS) is 21.1. The third kappa shape index (κ3) is 5.00. The summed E-state index contributed by atoms with van der Waals surface area (Å²) in [6.07, 6.45) is 4.49. The molecule has 1 aromatic heterocycles. The van der Waals surface area contributed by atoms with E-state index in [9.17, 15) is 4.39 Å². The minimum absolute atomic E-state index is 0.132. The number of nitrogens with one attached hydrogen (secondary N) is 2. The molecule has 8 heteroatoms. The van der Waals surface area contributed by atoms with Gasteiger partial charge in [0.05, 0.1) is 31.5 Å². The van der Waals surface area contributed by atoms with Crippen LogP contribution in [0, 0.1) is 0 Å². The maximum absolute atomic E-state index is 15.1. The van der Waals surface area contributed by atoms with Crippen molar-refractivity contribution in [2.24, 2.45) is 0 Å². The first-order valence-electron chi connectivity index (χ1n) is 12.5. The van der Waals surface area contributed by atoms with Gasteiger partial charge in [-0.05, 0) is 68.5 Å². The van der Waals surface area contributed by atoms with Gasteiger partial charge in [-0.25, -0.2) is 4.39 Å². The van der Waals surface area contributed by atoms with E-state index in [4.69, 9.17) is 9.47 Å². The maximum Gasteiger partial charge on any atom is 0.127 e. The molecule has 35 heavy (non-hydrogen) atoms. The topological polar surface area (TPSA) is 62.4 Å². The first-order valence-corrected chi connectivity index (χ1v) is 12.5. The summed E-state index contributed by atoms with van der Waals surface area (Å²) in [5.74, 6) is 1.43. The highest BCUT2D eigenvalue weighted by Gasteiger charge is 2.48. The van der Waals surface area contributed by atoms with Crippen LogP contribution in [-0.2, 0) is 6.42 Å². The van der Waals surface area contributed by atoms with Gasteiger partial charge in [-0.2, -0.15) is 5.10 Å². The fourth-order valence-electron chi connectivity index (χ4n) is 5.20. The zero-order valence-corrected chi connectivity index (χ0v) is 20.4. The highest BCUT2D eigenvalue weighted by atomic mass is 19.1. The summed E-state index contributed by atoms with van der Waals surface area (Å²) in [6, 6.07) is 10.1. The van der Waals surface area contributed by atoms with E-state index in [-0.39, 0.29) is 18.8 Å². The van der Waals surface area contributed by atoms with Crippen molar-refractivity contribution in [3.05, 3.63) is 53.2 Å². The van der Waals surface area contributed by atoms with Crippen molar-refractivity contribution < 1.29 is 18.3 Å². The van der Waals surface area contributed by atoms with Crippen LogP contribution in [0.15, 0.2) is 36.5 Å². The van der Waals surface area contributed by atoms with Crippen LogP contribution in [0.5, 0.6) is 11.5 Å². The molecule has 2 N–H and O–H groups in total. The van der Waals surface area contributed by atoms with E-state index in [1.54, 1.807) is 7.11 Å². The van der Waals surface area contributed by atoms with E-state index in [0.717, 1.165) is 28.6 Å². The molecule has 1 aliphatic carbocycles. The van der Waals surface area contributed by atoms with Crippen molar-refractivity contribution in [2.75, 3.05) is 40.0 Å². The molecule has 0 amide bonds. The lowest BCUT2D eigenvalue weighted by atomic mass is 9.83. The van der Waals surface area contributed by atoms with Gasteiger partial charge in [0.15, 0.2) is 0 Å². The molecule has 0 saturated heterocycles. The van der Waals surface area contributed by atoms with Crippen LogP contribution in [0.25, 0.3) is 10.9 Å². The molecule has 2 heterocycles. The number of aromatic nitrogens is 2. The van der Waals surface area contributed by atoms with E-state index >= 15 is 4.39 Å². The number of methoxy groups -OCH3 is 1. The first kappa shape index (κ1) is 24.0. The van der Waals surface area contributed by atoms with Gasteiger partial charge in [0.2, 0.25) is 0 Å². The Bertz CT molecular complexity index is 1160. The van der Waals surface area contributed by atoms with E-state index in [1.165, 1.54) is 11.1 Å². The van der Waals surface area contributed by atoms with Crippen molar-refractivity contribution in [1.29, 1.82) is 0 Å². The molecule has 0 radical (unpaired) electrons. The summed E-state index contributed by atoms with van der Waals surface area (Å²) in [5.41, 5.74) is 3.35. The molecular formula is C27H34F2N4O2. The zero-order chi connectivity index (χ0) is 24.4. The lowest BCUT2D eigenvalue weighted by Gasteiger charge is -2.43. The van der Waals surface area contributed by atoms with Crippen molar-refractivity contribution in [3.63, 3.8) is 0 Å². The monoisotopic (exact) mass is 484 g/mol. The van der Waals surface area contributed by atoms with Gasteiger partial charge in [0, 0.05) is 36.1 Å². The summed E-state index contributed by atoms with van der Waals surface area (Å²) >= 11 is 0. The number of ether oxygens (including phenoxy) is 2. The fraction of sp³-hybridized carbons (Fsp3) is 0.519. The van der Waals surface area contributed by atoms with Crippen LogP contribution in [0.3, 0.4) is 0 Å². The highest BCUT2D eigenvalue weighted by molar-refractivity contribution is 5.83. The second-order valence-corrected chi connectivity index (χ2v) is 9.79. The second-order valence-electron chi connectivity index (χ2n) is 9.79. The molecular weight excluding hydrogens is 450 g/mol. The molecule has 0 bridgehead atoms. The van der Waals surface area contributed by atoms with Gasteiger partial charge in [-0.1, -0.05) is 6.07 Å². The first-order chi connectivity index (χ1) is 17.0. The quantitative estimate of drug-likeness (QED) is 0.385. The standard InChI is InChI=1S/C27H34F2N4O2/c1-18-14-22-20(6-7-24-23(22)16-31-32-24)26(33(18)17-27(29)8-9-27)21-5-4-19(15-25(21)34-2)35-13-12-30-11-3-10-28/h4-7,15-16,18,26,30H,3,8-14,17H2,1-2H3,(H,31,32)/t18-,26+/m1/s1. The molecule has 2 aliphatic rings. The lowest BCUT2D eigenvalue weighted by molar-refractivity contribution is 0.0973. The molecule has 188 valence electrons. The molecule has 2 aromatic carbocycles. The second kappa shape index (κ2) is 10.1. The number of nitrogens with zero attached hydrogens (tertiary/aromatic N) is 2. The lowest BCUT2D eigenvalue weighted by Crippen LogP contribution is -2.46. The molecule has 6 nitrogen and oxygen atoms in total. The molecule has 1 aliphatic heterocycles. The molecule has 0 unspecified atom stereocenters. The van der Waals surface area contributed by atoms with E-state index in [1.807, 2.05) is 24.4 Å². The van der Waals surface area contributed by atoms with Gasteiger partial charge >= 0.3 is 0 Å². The number of halogens is 2. The molecule has 0 spiro atoms. The Kier molecular flexibility index (Phi) is 6.93. The van der Waals surface area contributed by atoms with E-state index < -0.39 is 5.67 Å². The predicted octanol–water partition coefficient (Wildman–Crippen LogP) is 4.74. The third-order valence-electron chi connectivity index (χ3n) is 7.26. The Hall–Kier alpha value is -2.71. The summed E-state index contributed by atoms with van der Waals surface area (Å²) in [4.78, 5) is 2.30. The Balaban J connectivity index is 1.46. The average molecular weight is 485 g/mol. The largest absolute Gasteiger partial charge is 0.496 e. The molecule has 1 fully saturated rings. The van der Waals surface area contributed by atoms with Crippen molar-refractivity contribution in [3.8, 4) is 11.5 Å². The Morgan fingerprint density at radius 2 is 2.03 bits per heavy atom. The number of hydrogen-bond donors (Lipinski definition) is 2. The van der Waals surface area contributed by atoms with Gasteiger partial charge in [0.1, 0.15) is 23.8 Å². The molecule has 2 atom stereocenters. The minimum Gasteiger partial charge on any atom is -0.496 e. The molecule has 1 saturated carbocycles. The number of hydrogen-bond acceptors (Lipinski definition) is 5. The summed E-state index contributed by atoms with van der Waals surface area (Å²) in [5, 5.41) is 11.6. The zero-order valence-electron chi connectivity index (χ0n) is 20.4. The Morgan fingerprint density at radius 1 is 1.20 bits per heavy atom. The van der Waals surface area contributed by atoms with Gasteiger partial charge < -0.3 is 14.8 Å². The van der Waals surface area contributed by atoms with Gasteiger partial charge in [0.25, 0.3) is 0 Å². The summed E-state index contributed by atoms with van der Waals surface area (Å²) < 4.78 is 39.1. The number of benzene rings is 2. The summed E-state index contributed by atoms with van der Waals surface area (Å²) in [7, 11) is 1.66. The highest BCUT2D eigenvalue weighted by Crippen LogP contribution is 2.48. The fourth-order valence-corrected chi connectivity index (χ4v) is 5.20. The number of aromatic amines is 1. The van der Waals surface area contributed by atoms with E-state index in [2.05, 4.69) is 39.5 Å².